The van der Waals surface area contributed by atoms with Crippen molar-refractivity contribution in [3.8, 4) is 0 Å². The molecule has 1 rings (SSSR count). The second-order valence-corrected chi connectivity index (χ2v) is 8.46. The average Bonchev–Trinajstić information content (AvgIpc) is 2.85. The van der Waals surface area contributed by atoms with E-state index in [0.717, 1.165) is 13.0 Å². The van der Waals surface area contributed by atoms with Gasteiger partial charge in [0.15, 0.2) is 0 Å². The van der Waals surface area contributed by atoms with Crippen LogP contribution in [0.15, 0.2) is 17.3 Å². The number of aromatic nitrogens is 2. The first kappa shape index (κ1) is 18.1. The number of nitrogens with zero attached hydrogens (tertiary/aromatic N) is 3. The Hall–Kier alpha value is -0.920. The van der Waals surface area contributed by atoms with E-state index in [2.05, 4.69) is 10.4 Å². The molecule has 0 aliphatic carbocycles. The van der Waals surface area contributed by atoms with Crippen LogP contribution >= 0.6 is 0 Å². The summed E-state index contributed by atoms with van der Waals surface area (Å²) in [4.78, 5) is 0.255. The Morgan fingerprint density at radius 1 is 1.43 bits per heavy atom. The molecule has 1 heterocycles. The minimum Gasteiger partial charge on any atom is -0.320 e. The zero-order valence-electron chi connectivity index (χ0n) is 13.9. The Kier molecular flexibility index (Phi) is 5.95. The predicted molar refractivity (Wildman–Crippen MR) is 84.6 cm³/mol. The molecule has 1 unspecified atom stereocenters. The molecule has 0 aliphatic heterocycles. The van der Waals surface area contributed by atoms with Crippen LogP contribution in [-0.4, -0.2) is 49.2 Å². The quantitative estimate of drug-likeness (QED) is 0.775. The first-order valence-electron chi connectivity index (χ1n) is 7.25. The van der Waals surface area contributed by atoms with Crippen LogP contribution in [0, 0.1) is 5.41 Å². The summed E-state index contributed by atoms with van der Waals surface area (Å²) in [5, 5.41) is 7.20. The van der Waals surface area contributed by atoms with Gasteiger partial charge in [-0.3, -0.25) is 4.68 Å². The maximum Gasteiger partial charge on any atom is 0.246 e. The standard InChI is InChI=1S/C14H28N4O2S/c1-12(14(2,3)4)17(6)21(19,20)13-10-16-18(11-13)9-7-8-15-5/h10-12,15H,7-9H2,1-6H3. The zero-order valence-corrected chi connectivity index (χ0v) is 14.7. The highest BCUT2D eigenvalue weighted by Gasteiger charge is 2.33. The maximum atomic E-state index is 12.6. The summed E-state index contributed by atoms with van der Waals surface area (Å²) in [5.41, 5.74) is -0.120. The van der Waals surface area contributed by atoms with Crippen molar-refractivity contribution in [1.29, 1.82) is 0 Å². The molecule has 21 heavy (non-hydrogen) atoms. The monoisotopic (exact) mass is 316 g/mol. The number of nitrogens with one attached hydrogen (secondary N) is 1. The van der Waals surface area contributed by atoms with E-state index < -0.39 is 10.0 Å². The van der Waals surface area contributed by atoms with Crippen molar-refractivity contribution in [2.24, 2.45) is 5.41 Å². The van der Waals surface area contributed by atoms with Crippen LogP contribution < -0.4 is 5.32 Å². The molecule has 7 heteroatoms. The number of rotatable bonds is 7. The second-order valence-electron chi connectivity index (χ2n) is 6.46. The minimum atomic E-state index is -3.50. The van der Waals surface area contributed by atoms with Gasteiger partial charge in [0, 0.05) is 25.8 Å². The van der Waals surface area contributed by atoms with Gasteiger partial charge >= 0.3 is 0 Å². The fourth-order valence-electron chi connectivity index (χ4n) is 1.94. The Labute approximate surface area is 128 Å². The van der Waals surface area contributed by atoms with Crippen molar-refractivity contribution in [3.05, 3.63) is 12.4 Å². The van der Waals surface area contributed by atoms with E-state index in [0.29, 0.717) is 6.54 Å². The molecule has 1 aromatic heterocycles. The van der Waals surface area contributed by atoms with E-state index in [-0.39, 0.29) is 16.4 Å². The van der Waals surface area contributed by atoms with Gasteiger partial charge < -0.3 is 5.32 Å². The third kappa shape index (κ3) is 4.52. The molecular formula is C14H28N4O2S. The van der Waals surface area contributed by atoms with Crippen LogP contribution in [-0.2, 0) is 16.6 Å². The number of sulfonamides is 1. The molecule has 1 aromatic rings. The van der Waals surface area contributed by atoms with Crippen LogP contribution in [0.5, 0.6) is 0 Å². The number of hydrogen-bond acceptors (Lipinski definition) is 4. The molecule has 1 atom stereocenters. The van der Waals surface area contributed by atoms with E-state index in [1.807, 2.05) is 34.7 Å². The van der Waals surface area contributed by atoms with Crippen LogP contribution in [0.25, 0.3) is 0 Å². The minimum absolute atomic E-state index is 0.102. The second kappa shape index (κ2) is 6.89. The Balaban J connectivity index is 2.88. The maximum absolute atomic E-state index is 12.6. The van der Waals surface area contributed by atoms with Crippen LogP contribution in [0.2, 0.25) is 0 Å². The largest absolute Gasteiger partial charge is 0.320 e. The van der Waals surface area contributed by atoms with E-state index in [1.54, 1.807) is 17.9 Å². The van der Waals surface area contributed by atoms with Crippen molar-refractivity contribution < 1.29 is 8.42 Å². The van der Waals surface area contributed by atoms with E-state index in [9.17, 15) is 8.42 Å². The van der Waals surface area contributed by atoms with Gasteiger partial charge in [0.05, 0.1) is 6.20 Å². The molecule has 0 spiro atoms. The van der Waals surface area contributed by atoms with Crippen LogP contribution in [0.4, 0.5) is 0 Å². The molecule has 0 bridgehead atoms. The lowest BCUT2D eigenvalue weighted by atomic mass is 9.88. The first-order chi connectivity index (χ1) is 9.60. The van der Waals surface area contributed by atoms with Crippen molar-refractivity contribution in [2.45, 2.75) is 51.6 Å². The lowest BCUT2D eigenvalue weighted by Gasteiger charge is -2.34. The summed E-state index contributed by atoms with van der Waals surface area (Å²) in [6.45, 7) is 9.60. The first-order valence-corrected chi connectivity index (χ1v) is 8.70. The van der Waals surface area contributed by atoms with Crippen molar-refractivity contribution in [3.63, 3.8) is 0 Å². The highest BCUT2D eigenvalue weighted by Crippen LogP contribution is 2.27. The fourth-order valence-corrected chi connectivity index (χ4v) is 3.44. The lowest BCUT2D eigenvalue weighted by Crippen LogP contribution is -2.42. The van der Waals surface area contributed by atoms with Crippen molar-refractivity contribution in [2.75, 3.05) is 20.6 Å². The average molecular weight is 316 g/mol. The summed E-state index contributed by atoms with van der Waals surface area (Å²) in [5.74, 6) is 0. The van der Waals surface area contributed by atoms with Crippen molar-refractivity contribution in [1.82, 2.24) is 19.4 Å². The van der Waals surface area contributed by atoms with E-state index >= 15 is 0 Å². The number of aryl methyl sites for hydroxylation is 1. The molecule has 1 N–H and O–H groups in total. The van der Waals surface area contributed by atoms with Gasteiger partial charge in [-0.25, -0.2) is 8.42 Å². The van der Waals surface area contributed by atoms with Gasteiger partial charge in [-0.2, -0.15) is 9.40 Å². The third-order valence-corrected chi connectivity index (χ3v) is 5.78. The smallest absolute Gasteiger partial charge is 0.246 e. The summed E-state index contributed by atoms with van der Waals surface area (Å²) in [7, 11) is 0.0225. The summed E-state index contributed by atoms with van der Waals surface area (Å²) >= 11 is 0. The number of hydrogen-bond donors (Lipinski definition) is 1. The molecule has 6 nitrogen and oxygen atoms in total. The fraction of sp³-hybridized carbons (Fsp3) is 0.786. The van der Waals surface area contributed by atoms with Gasteiger partial charge in [-0.05, 0) is 32.4 Å². The lowest BCUT2D eigenvalue weighted by molar-refractivity contribution is 0.216. The Morgan fingerprint density at radius 2 is 2.05 bits per heavy atom. The molecule has 0 fully saturated rings. The Bertz CT molecular complexity index is 546. The van der Waals surface area contributed by atoms with Crippen LogP contribution in [0.3, 0.4) is 0 Å². The predicted octanol–water partition coefficient (Wildman–Crippen LogP) is 1.55. The van der Waals surface area contributed by atoms with Gasteiger partial charge in [0.1, 0.15) is 4.90 Å². The van der Waals surface area contributed by atoms with Crippen molar-refractivity contribution >= 4 is 10.0 Å². The molecule has 0 aromatic carbocycles. The third-order valence-electron chi connectivity index (χ3n) is 3.90. The highest BCUT2D eigenvalue weighted by molar-refractivity contribution is 7.89. The highest BCUT2D eigenvalue weighted by atomic mass is 32.2. The van der Waals surface area contributed by atoms with Gasteiger partial charge in [0.2, 0.25) is 10.0 Å². The van der Waals surface area contributed by atoms with Crippen LogP contribution in [0.1, 0.15) is 34.1 Å². The summed E-state index contributed by atoms with van der Waals surface area (Å²) in [6.07, 6.45) is 3.95. The molecule has 0 amide bonds. The molecule has 0 radical (unpaired) electrons. The van der Waals surface area contributed by atoms with E-state index in [4.69, 9.17) is 0 Å². The Morgan fingerprint density at radius 3 is 2.57 bits per heavy atom. The molecule has 0 saturated carbocycles. The van der Waals surface area contributed by atoms with Gasteiger partial charge in [0.25, 0.3) is 0 Å². The molecule has 122 valence electrons. The molecule has 0 aliphatic rings. The SMILES string of the molecule is CNCCCn1cc(S(=O)(=O)N(C)C(C)C(C)(C)C)cn1. The molecular weight excluding hydrogens is 288 g/mol. The zero-order chi connectivity index (χ0) is 16.3. The van der Waals surface area contributed by atoms with Gasteiger partial charge in [-0.1, -0.05) is 20.8 Å². The topological polar surface area (TPSA) is 67.2 Å². The summed E-state index contributed by atoms with van der Waals surface area (Å²) < 4.78 is 28.4. The molecule has 0 saturated heterocycles. The van der Waals surface area contributed by atoms with Gasteiger partial charge in [-0.15, -0.1) is 0 Å². The summed E-state index contributed by atoms with van der Waals surface area (Å²) in [6, 6.07) is -0.102. The normalized spacial score (nSPS) is 14.6. The van der Waals surface area contributed by atoms with E-state index in [1.165, 1.54) is 10.5 Å².